The van der Waals surface area contributed by atoms with Gasteiger partial charge in [0.05, 0.1) is 0 Å². The van der Waals surface area contributed by atoms with Gasteiger partial charge in [0.25, 0.3) is 3.25 Å². The molecule has 0 bridgehead atoms. The van der Waals surface area contributed by atoms with Crippen molar-refractivity contribution in [2.45, 2.75) is 15.6 Å². The van der Waals surface area contributed by atoms with E-state index in [4.69, 9.17) is 46.4 Å². The summed E-state index contributed by atoms with van der Waals surface area (Å²) in [6.45, 7) is -2.30. The van der Waals surface area contributed by atoms with Crippen molar-refractivity contribution in [1.29, 1.82) is 0 Å². The average molecular weight is 288 g/mol. The summed E-state index contributed by atoms with van der Waals surface area (Å²) in [6, 6.07) is 0. The van der Waals surface area contributed by atoms with Crippen LogP contribution in [0.3, 0.4) is 0 Å². The molecule has 0 atom stereocenters. The smallest absolute Gasteiger partial charge is 0.244 e. The monoisotopic (exact) mass is 286 g/mol. The minimum atomic E-state index is -4.46. The molecule has 13 heavy (non-hydrogen) atoms. The van der Waals surface area contributed by atoms with Gasteiger partial charge in [0.15, 0.2) is 6.67 Å². The van der Waals surface area contributed by atoms with Gasteiger partial charge in [-0.2, -0.15) is 8.78 Å². The number of rotatable bonds is 2. The third-order valence-electron chi connectivity index (χ3n) is 0.497. The largest absolute Gasteiger partial charge is 0.335 e. The standard InChI is InChI=1S/C3H3F5.CCl4/c4-1-3(7,8)2(5)6;2-1(3,4)5/h2H,1H2;. The van der Waals surface area contributed by atoms with Crippen LogP contribution in [0.25, 0.3) is 0 Å². The molecule has 0 radical (unpaired) electrons. The van der Waals surface area contributed by atoms with E-state index in [2.05, 4.69) is 0 Å². The van der Waals surface area contributed by atoms with Crippen molar-refractivity contribution >= 4 is 46.4 Å². The molecule has 82 valence electrons. The summed E-state index contributed by atoms with van der Waals surface area (Å²) in [5.74, 6) is -4.46. The molecular formula is C4H3Cl4F5. The summed E-state index contributed by atoms with van der Waals surface area (Å²) in [7, 11) is 0. The van der Waals surface area contributed by atoms with E-state index in [1.165, 1.54) is 0 Å². The molecule has 0 nitrogen and oxygen atoms in total. The van der Waals surface area contributed by atoms with Crippen LogP contribution in [0.5, 0.6) is 0 Å². The van der Waals surface area contributed by atoms with Gasteiger partial charge in [-0.05, 0) is 0 Å². The SMILES string of the molecule is ClC(Cl)(Cl)Cl.FCC(F)(F)C(F)F. The molecule has 0 aromatic rings. The Bertz CT molecular complexity index is 127. The Kier molecular flexibility index (Phi) is 7.90. The second kappa shape index (κ2) is 6.32. The molecule has 0 heterocycles. The van der Waals surface area contributed by atoms with Crippen molar-refractivity contribution in [1.82, 2.24) is 0 Å². The van der Waals surface area contributed by atoms with Crippen LogP contribution in [0.1, 0.15) is 0 Å². The Morgan fingerprint density at radius 3 is 1.23 bits per heavy atom. The average Bonchev–Trinajstić information content (AvgIpc) is 1.83. The highest BCUT2D eigenvalue weighted by molar-refractivity contribution is 6.83. The lowest BCUT2D eigenvalue weighted by Crippen LogP contribution is -2.28. The highest BCUT2D eigenvalue weighted by Crippen LogP contribution is 2.29. The van der Waals surface area contributed by atoms with Crippen molar-refractivity contribution < 1.29 is 22.0 Å². The van der Waals surface area contributed by atoms with E-state index in [-0.39, 0.29) is 0 Å². The van der Waals surface area contributed by atoms with Crippen molar-refractivity contribution in [3.63, 3.8) is 0 Å². The summed E-state index contributed by atoms with van der Waals surface area (Å²) in [5, 5.41) is 0. The van der Waals surface area contributed by atoms with E-state index in [1.807, 2.05) is 0 Å². The lowest BCUT2D eigenvalue weighted by atomic mass is 10.4. The summed E-state index contributed by atoms with van der Waals surface area (Å²) in [6.07, 6.45) is -3.90. The molecule has 0 amide bonds. The van der Waals surface area contributed by atoms with Gasteiger partial charge in [0, 0.05) is 0 Å². The Hall–Kier alpha value is 0.810. The second-order valence-corrected chi connectivity index (χ2v) is 5.05. The van der Waals surface area contributed by atoms with Crippen molar-refractivity contribution in [2.24, 2.45) is 0 Å². The predicted molar refractivity (Wildman–Crippen MR) is 43.1 cm³/mol. The Morgan fingerprint density at radius 2 is 1.23 bits per heavy atom. The van der Waals surface area contributed by atoms with Crippen LogP contribution >= 0.6 is 46.4 Å². The fourth-order valence-electron chi connectivity index (χ4n) is 0.0583. The van der Waals surface area contributed by atoms with Crippen LogP contribution in [0.15, 0.2) is 0 Å². The summed E-state index contributed by atoms with van der Waals surface area (Å²) in [5.41, 5.74) is 0. The summed E-state index contributed by atoms with van der Waals surface area (Å²) >= 11 is 19.3. The van der Waals surface area contributed by atoms with Gasteiger partial charge in [-0.25, -0.2) is 13.2 Å². The van der Waals surface area contributed by atoms with E-state index in [0.717, 1.165) is 0 Å². The molecule has 0 spiro atoms. The maximum absolute atomic E-state index is 11.2. The van der Waals surface area contributed by atoms with Gasteiger partial charge < -0.3 is 0 Å². The summed E-state index contributed by atoms with van der Waals surface area (Å²) < 4.78 is 53.1. The highest BCUT2D eigenvalue weighted by atomic mass is 35.6. The van der Waals surface area contributed by atoms with E-state index in [9.17, 15) is 22.0 Å². The zero-order valence-corrected chi connectivity index (χ0v) is 8.71. The van der Waals surface area contributed by atoms with Gasteiger partial charge in [-0.15, -0.1) is 0 Å². The lowest BCUT2D eigenvalue weighted by molar-refractivity contribution is -0.139. The highest BCUT2D eigenvalue weighted by Gasteiger charge is 2.40. The molecule has 9 heteroatoms. The first-order chi connectivity index (χ1) is 5.50. The third kappa shape index (κ3) is 15.6. The molecular weight excluding hydrogens is 285 g/mol. The van der Waals surface area contributed by atoms with Crippen LogP contribution in [0, 0.1) is 0 Å². The minimum Gasteiger partial charge on any atom is -0.244 e. The van der Waals surface area contributed by atoms with Gasteiger partial charge in [-0.3, -0.25) is 0 Å². The maximum atomic E-state index is 11.2. The molecule has 0 aliphatic rings. The van der Waals surface area contributed by atoms with Crippen molar-refractivity contribution in [3.8, 4) is 0 Å². The topological polar surface area (TPSA) is 0 Å². The third-order valence-corrected chi connectivity index (χ3v) is 0.497. The van der Waals surface area contributed by atoms with Gasteiger partial charge >= 0.3 is 12.3 Å². The molecule has 0 N–H and O–H groups in total. The molecule has 0 rings (SSSR count). The predicted octanol–water partition coefficient (Wildman–Crippen LogP) is 4.41. The molecule has 0 aromatic heterocycles. The number of hydrogen-bond acceptors (Lipinski definition) is 0. The fourth-order valence-corrected chi connectivity index (χ4v) is 0.0583. The zero-order chi connectivity index (χ0) is 11.3. The maximum Gasteiger partial charge on any atom is 0.335 e. The van der Waals surface area contributed by atoms with E-state index < -0.39 is 22.3 Å². The lowest BCUT2D eigenvalue weighted by Gasteiger charge is -2.08. The molecule has 0 aliphatic carbocycles. The van der Waals surface area contributed by atoms with Gasteiger partial charge in [0.1, 0.15) is 0 Å². The fraction of sp³-hybridized carbons (Fsp3) is 1.00. The number of hydrogen-bond donors (Lipinski definition) is 0. The number of alkyl halides is 9. The Balaban J connectivity index is 0. The first-order valence-electron chi connectivity index (χ1n) is 2.48. The first kappa shape index (κ1) is 16.2. The second-order valence-electron chi connectivity index (χ2n) is 1.62. The summed E-state index contributed by atoms with van der Waals surface area (Å²) in [4.78, 5) is 0. The van der Waals surface area contributed by atoms with Crippen LogP contribution in [0.4, 0.5) is 22.0 Å². The normalized spacial score (nSPS) is 12.5. The Labute approximate surface area is 90.9 Å². The Morgan fingerprint density at radius 1 is 1.00 bits per heavy atom. The van der Waals surface area contributed by atoms with Crippen LogP contribution in [-0.4, -0.2) is 22.3 Å². The van der Waals surface area contributed by atoms with Crippen LogP contribution in [0.2, 0.25) is 0 Å². The quantitative estimate of drug-likeness (QED) is 0.521. The minimum absolute atomic E-state index is 1.61. The first-order valence-corrected chi connectivity index (χ1v) is 3.99. The molecule has 0 aromatic carbocycles. The number of halogens is 9. The van der Waals surface area contributed by atoms with Crippen molar-refractivity contribution in [3.05, 3.63) is 0 Å². The van der Waals surface area contributed by atoms with Crippen LogP contribution in [-0.2, 0) is 0 Å². The van der Waals surface area contributed by atoms with E-state index in [1.54, 1.807) is 0 Å². The van der Waals surface area contributed by atoms with Gasteiger partial charge in [0.2, 0.25) is 0 Å². The molecule has 0 fully saturated rings. The van der Waals surface area contributed by atoms with Crippen molar-refractivity contribution in [2.75, 3.05) is 6.67 Å². The zero-order valence-electron chi connectivity index (χ0n) is 5.69. The van der Waals surface area contributed by atoms with E-state index in [0.29, 0.717) is 0 Å². The molecule has 0 saturated heterocycles. The van der Waals surface area contributed by atoms with Gasteiger partial charge in [-0.1, -0.05) is 46.4 Å². The molecule has 0 aliphatic heterocycles. The molecule has 0 saturated carbocycles. The molecule has 0 unspecified atom stereocenters. The van der Waals surface area contributed by atoms with E-state index >= 15 is 0 Å². The van der Waals surface area contributed by atoms with Crippen LogP contribution < -0.4 is 0 Å².